The average Bonchev–Trinajstić information content (AvgIpc) is 3.38. The topological polar surface area (TPSA) is 73.0 Å². The number of carbonyl (C=O) groups excluding carboxylic acids is 1. The van der Waals surface area contributed by atoms with E-state index in [0.29, 0.717) is 11.3 Å². The zero-order valence-corrected chi connectivity index (χ0v) is 15.6. The highest BCUT2D eigenvalue weighted by Gasteiger charge is 2.32. The number of nitrogens with one attached hydrogen (secondary N) is 1. The van der Waals surface area contributed by atoms with Gasteiger partial charge in [-0.25, -0.2) is 4.68 Å². The smallest absolute Gasteiger partial charge is 0.360 e. The maximum atomic E-state index is 13.2. The maximum Gasteiger partial charge on any atom is 0.416 e. The Morgan fingerprint density at radius 3 is 2.53 bits per heavy atom. The summed E-state index contributed by atoms with van der Waals surface area (Å²) in [5.41, 5.74) is 0.452. The van der Waals surface area contributed by atoms with Gasteiger partial charge in [0.05, 0.1) is 16.9 Å². The first-order chi connectivity index (χ1) is 14.3. The van der Waals surface area contributed by atoms with E-state index < -0.39 is 17.6 Å². The average molecular weight is 412 g/mol. The molecular formula is C21H15F3N4O2. The standard InChI is InChI=1S/C21H15F3N4O2/c1-13-18(19(27-30-13)14-6-3-2-4-7-14)20(29)26-16-12-15(21(22,23)24)8-9-17(16)28-11-5-10-25-28/h2-12H,1H3,(H,26,29). The summed E-state index contributed by atoms with van der Waals surface area (Å²) in [4.78, 5) is 13.1. The zero-order chi connectivity index (χ0) is 21.3. The Morgan fingerprint density at radius 2 is 1.87 bits per heavy atom. The molecular weight excluding hydrogens is 397 g/mol. The highest BCUT2D eigenvalue weighted by molar-refractivity contribution is 6.09. The van der Waals surface area contributed by atoms with Crippen LogP contribution in [0.15, 0.2) is 71.5 Å². The maximum absolute atomic E-state index is 13.2. The fraction of sp³-hybridized carbons (Fsp3) is 0.0952. The number of rotatable bonds is 4. The second-order valence-electron chi connectivity index (χ2n) is 6.46. The molecule has 0 atom stereocenters. The number of hydrogen-bond donors (Lipinski definition) is 1. The zero-order valence-electron chi connectivity index (χ0n) is 15.6. The molecule has 4 rings (SSSR count). The van der Waals surface area contributed by atoms with E-state index in [0.717, 1.165) is 12.1 Å². The predicted molar refractivity (Wildman–Crippen MR) is 103 cm³/mol. The summed E-state index contributed by atoms with van der Waals surface area (Å²) >= 11 is 0. The van der Waals surface area contributed by atoms with Crippen LogP contribution in [-0.4, -0.2) is 20.8 Å². The molecule has 0 spiro atoms. The quantitative estimate of drug-likeness (QED) is 0.506. The van der Waals surface area contributed by atoms with Crippen LogP contribution in [0.1, 0.15) is 21.7 Å². The van der Waals surface area contributed by atoms with Gasteiger partial charge in [-0.1, -0.05) is 35.5 Å². The van der Waals surface area contributed by atoms with Crippen LogP contribution in [-0.2, 0) is 6.18 Å². The molecule has 0 aliphatic rings. The van der Waals surface area contributed by atoms with E-state index in [1.165, 1.54) is 16.9 Å². The van der Waals surface area contributed by atoms with Gasteiger partial charge in [0.25, 0.3) is 5.91 Å². The molecule has 0 bridgehead atoms. The fourth-order valence-electron chi connectivity index (χ4n) is 3.04. The van der Waals surface area contributed by atoms with Crippen molar-refractivity contribution in [2.24, 2.45) is 0 Å². The molecule has 0 saturated heterocycles. The third kappa shape index (κ3) is 3.69. The van der Waals surface area contributed by atoms with Gasteiger partial charge in [0.15, 0.2) is 0 Å². The van der Waals surface area contributed by atoms with Gasteiger partial charge in [-0.15, -0.1) is 0 Å². The van der Waals surface area contributed by atoms with Crippen molar-refractivity contribution < 1.29 is 22.5 Å². The van der Waals surface area contributed by atoms with E-state index in [1.807, 2.05) is 6.07 Å². The molecule has 4 aromatic rings. The van der Waals surface area contributed by atoms with Crippen LogP contribution < -0.4 is 5.32 Å². The summed E-state index contributed by atoms with van der Waals surface area (Å²) in [5.74, 6) is -0.390. The second-order valence-corrected chi connectivity index (χ2v) is 6.46. The van der Waals surface area contributed by atoms with E-state index in [9.17, 15) is 18.0 Å². The first-order valence-electron chi connectivity index (χ1n) is 8.89. The minimum absolute atomic E-state index is 0.0434. The highest BCUT2D eigenvalue weighted by atomic mass is 19.4. The number of benzene rings is 2. The lowest BCUT2D eigenvalue weighted by Gasteiger charge is -2.15. The molecule has 2 heterocycles. The molecule has 0 fully saturated rings. The van der Waals surface area contributed by atoms with Crippen molar-refractivity contribution in [1.82, 2.24) is 14.9 Å². The van der Waals surface area contributed by atoms with Gasteiger partial charge in [-0.05, 0) is 31.2 Å². The molecule has 0 unspecified atom stereocenters. The lowest BCUT2D eigenvalue weighted by atomic mass is 10.1. The lowest BCUT2D eigenvalue weighted by Crippen LogP contribution is -2.16. The van der Waals surface area contributed by atoms with E-state index in [1.54, 1.807) is 43.5 Å². The Hall–Kier alpha value is -3.88. The van der Waals surface area contributed by atoms with Gasteiger partial charge in [-0.3, -0.25) is 4.79 Å². The van der Waals surface area contributed by atoms with Crippen LogP contribution in [0.4, 0.5) is 18.9 Å². The van der Waals surface area contributed by atoms with Crippen molar-refractivity contribution >= 4 is 11.6 Å². The Kier molecular flexibility index (Phi) is 4.86. The minimum Gasteiger partial charge on any atom is -0.360 e. The van der Waals surface area contributed by atoms with Crippen molar-refractivity contribution in [2.45, 2.75) is 13.1 Å². The Labute approximate surface area is 168 Å². The third-order valence-electron chi connectivity index (χ3n) is 4.46. The van der Waals surface area contributed by atoms with Crippen molar-refractivity contribution in [1.29, 1.82) is 0 Å². The third-order valence-corrected chi connectivity index (χ3v) is 4.46. The summed E-state index contributed by atoms with van der Waals surface area (Å²) in [6, 6.07) is 13.6. The highest BCUT2D eigenvalue weighted by Crippen LogP contribution is 2.34. The summed E-state index contributed by atoms with van der Waals surface area (Å²) < 4.78 is 46.3. The van der Waals surface area contributed by atoms with Gasteiger partial charge >= 0.3 is 6.18 Å². The van der Waals surface area contributed by atoms with Crippen molar-refractivity contribution in [3.8, 4) is 16.9 Å². The van der Waals surface area contributed by atoms with Crippen molar-refractivity contribution in [3.63, 3.8) is 0 Å². The molecule has 0 aliphatic heterocycles. The SMILES string of the molecule is Cc1onc(-c2ccccc2)c1C(=O)Nc1cc(C(F)(F)F)ccc1-n1cccn1. The largest absolute Gasteiger partial charge is 0.416 e. The van der Waals surface area contributed by atoms with Crippen molar-refractivity contribution in [2.75, 3.05) is 5.32 Å². The van der Waals surface area contributed by atoms with Crippen LogP contribution >= 0.6 is 0 Å². The molecule has 0 aliphatic carbocycles. The van der Waals surface area contributed by atoms with E-state index in [4.69, 9.17) is 4.52 Å². The van der Waals surface area contributed by atoms with Crippen LogP contribution in [0.2, 0.25) is 0 Å². The molecule has 0 radical (unpaired) electrons. The van der Waals surface area contributed by atoms with Crippen LogP contribution in [0.3, 0.4) is 0 Å². The van der Waals surface area contributed by atoms with Crippen LogP contribution in [0, 0.1) is 6.92 Å². The number of nitrogens with zero attached hydrogens (tertiary/aromatic N) is 3. The van der Waals surface area contributed by atoms with Crippen molar-refractivity contribution in [3.05, 3.63) is 83.9 Å². The number of hydrogen-bond acceptors (Lipinski definition) is 4. The lowest BCUT2D eigenvalue weighted by molar-refractivity contribution is -0.137. The number of amides is 1. The summed E-state index contributed by atoms with van der Waals surface area (Å²) in [6.45, 7) is 1.56. The number of alkyl halides is 3. The number of aryl methyl sites for hydroxylation is 1. The summed E-state index contributed by atoms with van der Waals surface area (Å²) in [7, 11) is 0. The molecule has 2 aromatic heterocycles. The second kappa shape index (κ2) is 7.51. The van der Waals surface area contributed by atoms with Crippen LogP contribution in [0.5, 0.6) is 0 Å². The number of anilines is 1. The van der Waals surface area contributed by atoms with Crippen LogP contribution in [0.25, 0.3) is 16.9 Å². The van der Waals surface area contributed by atoms with Gasteiger partial charge < -0.3 is 9.84 Å². The molecule has 1 N–H and O–H groups in total. The number of halogens is 3. The fourth-order valence-corrected chi connectivity index (χ4v) is 3.04. The van der Waals surface area contributed by atoms with Gasteiger partial charge in [0.2, 0.25) is 0 Å². The Morgan fingerprint density at radius 1 is 1.10 bits per heavy atom. The van der Waals surface area contributed by atoms with Gasteiger partial charge in [0, 0.05) is 18.0 Å². The molecule has 1 amide bonds. The monoisotopic (exact) mass is 412 g/mol. The molecule has 152 valence electrons. The van der Waals surface area contributed by atoms with Gasteiger partial charge in [0.1, 0.15) is 17.0 Å². The molecule has 9 heteroatoms. The first kappa shape index (κ1) is 19.4. The molecule has 6 nitrogen and oxygen atoms in total. The normalized spacial score (nSPS) is 11.5. The number of carbonyl (C=O) groups is 1. The van der Waals surface area contributed by atoms with E-state index >= 15 is 0 Å². The predicted octanol–water partition coefficient (Wildman–Crippen LogP) is 5.11. The Bertz CT molecular complexity index is 1180. The summed E-state index contributed by atoms with van der Waals surface area (Å²) in [6.07, 6.45) is -1.51. The Balaban J connectivity index is 1.76. The van der Waals surface area contributed by atoms with Gasteiger partial charge in [-0.2, -0.15) is 18.3 Å². The first-order valence-corrected chi connectivity index (χ1v) is 8.89. The summed E-state index contributed by atoms with van der Waals surface area (Å²) in [5, 5.41) is 10.6. The molecule has 0 saturated carbocycles. The van der Waals surface area contributed by atoms with E-state index in [2.05, 4.69) is 15.6 Å². The minimum atomic E-state index is -4.57. The molecule has 30 heavy (non-hydrogen) atoms. The van der Waals surface area contributed by atoms with E-state index in [-0.39, 0.29) is 22.7 Å². The number of aromatic nitrogens is 3. The molecule has 2 aromatic carbocycles.